The highest BCUT2D eigenvalue weighted by molar-refractivity contribution is 7.99. The second-order valence-electron chi connectivity index (χ2n) is 5.98. The summed E-state index contributed by atoms with van der Waals surface area (Å²) in [5.74, 6) is 0.798. The first kappa shape index (κ1) is 20.6. The third kappa shape index (κ3) is 5.00. The predicted octanol–water partition coefficient (Wildman–Crippen LogP) is 2.11. The van der Waals surface area contributed by atoms with Gasteiger partial charge in [0.15, 0.2) is 5.65 Å². The van der Waals surface area contributed by atoms with E-state index in [0.29, 0.717) is 28.5 Å². The Hall–Kier alpha value is -2.17. The maximum Gasteiger partial charge on any atom is 0.350 e. The molecule has 0 saturated heterocycles. The minimum atomic E-state index is -4.23. The van der Waals surface area contributed by atoms with Gasteiger partial charge in [0.1, 0.15) is 22.6 Å². The zero-order valence-electron chi connectivity index (χ0n) is 15.2. The molecule has 3 rings (SSSR count). The molecule has 0 bridgehead atoms. The number of nitrogen functional groups attached to an aromatic ring is 1. The van der Waals surface area contributed by atoms with Gasteiger partial charge >= 0.3 is 7.60 Å². The van der Waals surface area contributed by atoms with E-state index in [4.69, 9.17) is 25.0 Å². The third-order valence-electron chi connectivity index (χ3n) is 3.71. The van der Waals surface area contributed by atoms with Crippen molar-refractivity contribution in [2.75, 3.05) is 19.2 Å². The number of para-hydroxylation sites is 1. The Kier molecular flexibility index (Phi) is 6.21. The van der Waals surface area contributed by atoms with E-state index in [1.54, 1.807) is 24.9 Å². The highest BCUT2D eigenvalue weighted by Gasteiger charge is 2.19. The number of hydrogen-bond acceptors (Lipinski definition) is 8. The number of nitrogens with two attached hydrogens (primary N) is 1. The fourth-order valence-electron chi connectivity index (χ4n) is 2.50. The molecule has 150 valence electrons. The van der Waals surface area contributed by atoms with Crippen LogP contribution < -0.4 is 10.5 Å². The normalized spacial score (nSPS) is 13.0. The molecule has 0 spiro atoms. The highest BCUT2D eigenvalue weighted by atomic mass is 32.2. The Morgan fingerprint density at radius 2 is 2.07 bits per heavy atom. The molecule has 3 aromatic rings. The largest absolute Gasteiger partial charge is 0.496 e. The van der Waals surface area contributed by atoms with E-state index in [-0.39, 0.29) is 5.95 Å². The Morgan fingerprint density at radius 3 is 2.79 bits per heavy atom. The zero-order chi connectivity index (χ0) is 20.3. The van der Waals surface area contributed by atoms with Crippen LogP contribution in [0.5, 0.6) is 5.75 Å². The summed E-state index contributed by atoms with van der Waals surface area (Å²) in [7, 11) is -2.63. The molecule has 2 aromatic heterocycles. The van der Waals surface area contributed by atoms with Crippen LogP contribution in [-0.2, 0) is 15.8 Å². The molecule has 0 aliphatic rings. The zero-order valence-corrected chi connectivity index (χ0v) is 16.9. The summed E-state index contributed by atoms with van der Waals surface area (Å²) in [6.45, 7) is 2.00. The number of anilines is 1. The molecule has 0 aliphatic heterocycles. The second kappa shape index (κ2) is 8.46. The fourth-order valence-corrected chi connectivity index (χ4v) is 3.94. The quantitative estimate of drug-likeness (QED) is 0.362. The van der Waals surface area contributed by atoms with Gasteiger partial charge in [0.05, 0.1) is 31.0 Å². The van der Waals surface area contributed by atoms with Crippen molar-refractivity contribution in [3.63, 3.8) is 0 Å². The predicted molar refractivity (Wildman–Crippen MR) is 104 cm³/mol. The average Bonchev–Trinajstić information content (AvgIpc) is 3.02. The SMILES string of the molecule is COc1ccccc1Sc1nc(N)nc2c1ncn2CC(C)OCP(=O)(O)O. The number of aromatic nitrogens is 4. The summed E-state index contributed by atoms with van der Waals surface area (Å²) >= 11 is 1.36. The van der Waals surface area contributed by atoms with Gasteiger partial charge in [-0.25, -0.2) is 9.97 Å². The summed E-state index contributed by atoms with van der Waals surface area (Å²) in [6.07, 6.45) is 0.460. The van der Waals surface area contributed by atoms with Gasteiger partial charge < -0.3 is 29.6 Å². The molecule has 12 heteroatoms. The first-order chi connectivity index (χ1) is 13.3. The summed E-state index contributed by atoms with van der Waals surface area (Å²) in [5, 5.41) is 0.578. The fraction of sp³-hybridized carbons (Fsp3) is 0.312. The van der Waals surface area contributed by atoms with Crippen LogP contribution in [0.15, 0.2) is 40.5 Å². The van der Waals surface area contributed by atoms with E-state index in [1.807, 2.05) is 24.3 Å². The number of rotatable bonds is 8. The highest BCUT2D eigenvalue weighted by Crippen LogP contribution is 2.37. The van der Waals surface area contributed by atoms with Crippen molar-refractivity contribution in [3.05, 3.63) is 30.6 Å². The Labute approximate surface area is 165 Å². The van der Waals surface area contributed by atoms with Gasteiger partial charge in [-0.05, 0) is 19.1 Å². The van der Waals surface area contributed by atoms with Gasteiger partial charge in [0.25, 0.3) is 0 Å². The molecule has 0 amide bonds. The molecule has 0 radical (unpaired) electrons. The van der Waals surface area contributed by atoms with Crippen LogP contribution in [-0.4, -0.2) is 48.9 Å². The lowest BCUT2D eigenvalue weighted by atomic mass is 10.3. The first-order valence-corrected chi connectivity index (χ1v) is 10.8. The van der Waals surface area contributed by atoms with Crippen LogP contribution in [0.2, 0.25) is 0 Å². The molecular formula is C16H20N5O5PS. The third-order valence-corrected chi connectivity index (χ3v) is 5.23. The molecule has 0 aliphatic carbocycles. The lowest BCUT2D eigenvalue weighted by Crippen LogP contribution is -2.17. The van der Waals surface area contributed by atoms with Gasteiger partial charge in [0, 0.05) is 0 Å². The smallest absolute Gasteiger partial charge is 0.350 e. The van der Waals surface area contributed by atoms with E-state index in [2.05, 4.69) is 15.0 Å². The van der Waals surface area contributed by atoms with Crippen molar-refractivity contribution in [2.45, 2.75) is 29.5 Å². The Morgan fingerprint density at radius 1 is 1.32 bits per heavy atom. The van der Waals surface area contributed by atoms with E-state index in [9.17, 15) is 4.57 Å². The number of benzene rings is 1. The number of fused-ring (bicyclic) bond motifs is 1. The maximum absolute atomic E-state index is 11.0. The summed E-state index contributed by atoms with van der Waals surface area (Å²) in [4.78, 5) is 31.7. The Bertz CT molecular complexity index is 1020. The van der Waals surface area contributed by atoms with Crippen molar-refractivity contribution in [1.82, 2.24) is 19.5 Å². The van der Waals surface area contributed by atoms with E-state index in [1.165, 1.54) is 11.8 Å². The monoisotopic (exact) mass is 425 g/mol. The van der Waals surface area contributed by atoms with Crippen molar-refractivity contribution in [3.8, 4) is 5.75 Å². The van der Waals surface area contributed by atoms with Gasteiger partial charge in [0.2, 0.25) is 5.95 Å². The molecule has 28 heavy (non-hydrogen) atoms. The van der Waals surface area contributed by atoms with Crippen molar-refractivity contribution < 1.29 is 23.8 Å². The van der Waals surface area contributed by atoms with Crippen LogP contribution in [0.1, 0.15) is 6.92 Å². The molecule has 2 heterocycles. The minimum absolute atomic E-state index is 0.0930. The van der Waals surface area contributed by atoms with Crippen LogP contribution in [0.25, 0.3) is 11.2 Å². The summed E-state index contributed by atoms with van der Waals surface area (Å²) in [6, 6.07) is 7.52. The summed E-state index contributed by atoms with van der Waals surface area (Å²) < 4.78 is 23.3. The van der Waals surface area contributed by atoms with E-state index < -0.39 is 20.0 Å². The number of nitrogens with zero attached hydrogens (tertiary/aromatic N) is 4. The van der Waals surface area contributed by atoms with E-state index >= 15 is 0 Å². The molecular weight excluding hydrogens is 405 g/mol. The Balaban J connectivity index is 1.87. The molecule has 0 fully saturated rings. The minimum Gasteiger partial charge on any atom is -0.496 e. The van der Waals surface area contributed by atoms with Crippen molar-refractivity contribution in [1.29, 1.82) is 0 Å². The molecule has 1 unspecified atom stereocenters. The maximum atomic E-state index is 11.0. The van der Waals surface area contributed by atoms with Gasteiger partial charge in [-0.1, -0.05) is 23.9 Å². The topological polar surface area (TPSA) is 146 Å². The molecule has 10 nitrogen and oxygen atoms in total. The van der Waals surface area contributed by atoms with Crippen LogP contribution in [0.4, 0.5) is 5.95 Å². The lowest BCUT2D eigenvalue weighted by Gasteiger charge is -2.14. The van der Waals surface area contributed by atoms with Gasteiger partial charge in [-0.15, -0.1) is 0 Å². The molecule has 4 N–H and O–H groups in total. The molecule has 1 atom stereocenters. The van der Waals surface area contributed by atoms with Crippen LogP contribution in [0, 0.1) is 0 Å². The molecule has 0 saturated carbocycles. The number of hydrogen-bond donors (Lipinski definition) is 3. The van der Waals surface area contributed by atoms with Gasteiger partial charge in [-0.3, -0.25) is 4.57 Å². The standard InChI is InChI=1S/C16H20N5O5PS/c1-10(26-9-27(22,23)24)7-21-8-18-13-14(21)19-16(17)20-15(13)28-12-6-4-3-5-11(12)25-2/h3-6,8,10H,7,9H2,1-2H3,(H2,17,19,20)(H2,22,23,24). The first-order valence-electron chi connectivity index (χ1n) is 8.22. The van der Waals surface area contributed by atoms with Gasteiger partial charge in [-0.2, -0.15) is 4.98 Å². The summed E-state index contributed by atoms with van der Waals surface area (Å²) in [5.41, 5.74) is 6.95. The van der Waals surface area contributed by atoms with Crippen LogP contribution >= 0.6 is 19.4 Å². The van der Waals surface area contributed by atoms with E-state index in [0.717, 1.165) is 4.90 Å². The van der Waals surface area contributed by atoms with Crippen molar-refractivity contribution in [2.24, 2.45) is 0 Å². The number of ether oxygens (including phenoxy) is 2. The van der Waals surface area contributed by atoms with Crippen molar-refractivity contribution >= 4 is 36.5 Å². The average molecular weight is 425 g/mol. The lowest BCUT2D eigenvalue weighted by molar-refractivity contribution is 0.0764. The number of methoxy groups -OCH3 is 1. The van der Waals surface area contributed by atoms with Crippen LogP contribution in [0.3, 0.4) is 0 Å². The second-order valence-corrected chi connectivity index (χ2v) is 8.60. The number of imidazole rings is 1. The molecule has 1 aromatic carbocycles.